The van der Waals surface area contributed by atoms with E-state index in [1.165, 1.54) is 18.2 Å². The molecule has 0 radical (unpaired) electrons. The summed E-state index contributed by atoms with van der Waals surface area (Å²) in [5.74, 6) is 0.737. The van der Waals surface area contributed by atoms with Crippen LogP contribution in [0, 0.1) is 11.6 Å². The van der Waals surface area contributed by atoms with E-state index in [0.717, 1.165) is 38.4 Å². The number of methoxy groups -OCH3 is 1. The molecule has 1 unspecified atom stereocenters. The van der Waals surface area contributed by atoms with Gasteiger partial charge in [-0.25, -0.2) is 8.78 Å². The lowest BCUT2D eigenvalue weighted by Crippen LogP contribution is -2.46. The van der Waals surface area contributed by atoms with Crippen LogP contribution < -0.4 is 14.4 Å². The summed E-state index contributed by atoms with van der Waals surface area (Å²) in [7, 11) is 1.60. The second-order valence-electron chi connectivity index (χ2n) is 7.87. The molecule has 1 heterocycles. The van der Waals surface area contributed by atoms with E-state index in [4.69, 9.17) is 9.47 Å². The Kier molecular flexibility index (Phi) is 7.22. The second-order valence-corrected chi connectivity index (χ2v) is 7.87. The van der Waals surface area contributed by atoms with Gasteiger partial charge < -0.3 is 14.4 Å². The smallest absolute Gasteiger partial charge is 0.162 e. The first-order valence-electron chi connectivity index (χ1n) is 10.9. The van der Waals surface area contributed by atoms with Crippen molar-refractivity contribution in [3.8, 4) is 11.5 Å². The molecule has 32 heavy (non-hydrogen) atoms. The summed E-state index contributed by atoms with van der Waals surface area (Å²) in [6, 6.07) is 20.8. The first kappa shape index (κ1) is 22.1. The second kappa shape index (κ2) is 10.5. The van der Waals surface area contributed by atoms with Crippen LogP contribution in [0.15, 0.2) is 72.8 Å². The van der Waals surface area contributed by atoms with Crippen LogP contribution in [0.2, 0.25) is 0 Å². The van der Waals surface area contributed by atoms with Crippen molar-refractivity contribution < 1.29 is 18.3 Å². The zero-order valence-corrected chi connectivity index (χ0v) is 18.2. The van der Waals surface area contributed by atoms with Crippen LogP contribution >= 0.6 is 0 Å². The first-order chi connectivity index (χ1) is 15.6. The summed E-state index contributed by atoms with van der Waals surface area (Å²) in [4.78, 5) is 4.62. The lowest BCUT2D eigenvalue weighted by molar-refractivity contribution is 0.152. The molecule has 1 fully saturated rings. The summed E-state index contributed by atoms with van der Waals surface area (Å²) in [5, 5.41) is 0. The monoisotopic (exact) mass is 438 g/mol. The van der Waals surface area contributed by atoms with Crippen molar-refractivity contribution >= 4 is 5.69 Å². The van der Waals surface area contributed by atoms with Gasteiger partial charge in [-0.1, -0.05) is 30.3 Å². The molecule has 4 rings (SSSR count). The van der Waals surface area contributed by atoms with Crippen LogP contribution in [-0.4, -0.2) is 44.7 Å². The third kappa shape index (κ3) is 5.37. The number of piperazine rings is 1. The third-order valence-corrected chi connectivity index (χ3v) is 5.86. The Labute approximate surface area is 188 Å². The van der Waals surface area contributed by atoms with Crippen molar-refractivity contribution in [1.82, 2.24) is 4.90 Å². The molecule has 0 amide bonds. The molecule has 1 saturated heterocycles. The van der Waals surface area contributed by atoms with Gasteiger partial charge in [0.25, 0.3) is 0 Å². The fraction of sp³-hybridized carbons (Fsp3) is 0.308. The van der Waals surface area contributed by atoms with E-state index in [1.54, 1.807) is 19.2 Å². The molecule has 1 aliphatic heterocycles. The van der Waals surface area contributed by atoms with E-state index >= 15 is 0 Å². The van der Waals surface area contributed by atoms with E-state index in [0.29, 0.717) is 23.5 Å². The Morgan fingerprint density at radius 2 is 1.47 bits per heavy atom. The topological polar surface area (TPSA) is 24.9 Å². The summed E-state index contributed by atoms with van der Waals surface area (Å²) < 4.78 is 39.5. The Balaban J connectivity index is 1.41. The molecular weight excluding hydrogens is 410 g/mol. The number of nitrogens with zero attached hydrogens (tertiary/aromatic N) is 2. The van der Waals surface area contributed by atoms with Gasteiger partial charge in [-0.15, -0.1) is 0 Å². The number of ether oxygens (including phenoxy) is 2. The highest BCUT2D eigenvalue weighted by Crippen LogP contribution is 2.33. The van der Waals surface area contributed by atoms with Crippen LogP contribution in [0.25, 0.3) is 0 Å². The van der Waals surface area contributed by atoms with Crippen molar-refractivity contribution in [1.29, 1.82) is 0 Å². The molecule has 0 saturated carbocycles. The van der Waals surface area contributed by atoms with E-state index in [2.05, 4.69) is 9.80 Å². The third-order valence-electron chi connectivity index (χ3n) is 5.86. The highest BCUT2D eigenvalue weighted by molar-refractivity contribution is 5.46. The zero-order chi connectivity index (χ0) is 22.3. The maximum absolute atomic E-state index is 14.6. The van der Waals surface area contributed by atoms with Gasteiger partial charge in [0.1, 0.15) is 17.7 Å². The van der Waals surface area contributed by atoms with Crippen LogP contribution in [0.3, 0.4) is 0 Å². The number of anilines is 1. The fourth-order valence-electron chi connectivity index (χ4n) is 4.06. The first-order valence-corrected chi connectivity index (χ1v) is 10.9. The molecule has 0 aliphatic carbocycles. The molecule has 3 aromatic rings. The molecule has 168 valence electrons. The maximum Gasteiger partial charge on any atom is 0.162 e. The van der Waals surface area contributed by atoms with Crippen LogP contribution in [0.5, 0.6) is 11.5 Å². The quantitative estimate of drug-likeness (QED) is 0.476. The largest absolute Gasteiger partial charge is 0.493 e. The van der Waals surface area contributed by atoms with E-state index in [9.17, 15) is 8.78 Å². The van der Waals surface area contributed by atoms with Crippen LogP contribution in [0.1, 0.15) is 18.1 Å². The van der Waals surface area contributed by atoms with Gasteiger partial charge in [0.15, 0.2) is 11.5 Å². The van der Waals surface area contributed by atoms with Gasteiger partial charge in [-0.05, 0) is 42.5 Å². The van der Waals surface area contributed by atoms with Crippen molar-refractivity contribution in [2.75, 3.05) is 44.7 Å². The minimum atomic E-state index is -0.428. The summed E-state index contributed by atoms with van der Waals surface area (Å²) in [6.45, 7) is 4.28. The molecule has 1 atom stereocenters. The van der Waals surface area contributed by atoms with Crippen molar-refractivity contribution in [2.45, 2.75) is 12.5 Å². The Bertz CT molecular complexity index is 1000. The number of hydrogen-bond donors (Lipinski definition) is 0. The van der Waals surface area contributed by atoms with Crippen LogP contribution in [0.4, 0.5) is 14.5 Å². The molecular formula is C26H28F2N2O2. The van der Waals surface area contributed by atoms with Crippen LogP contribution in [-0.2, 0) is 0 Å². The minimum Gasteiger partial charge on any atom is -0.493 e. The summed E-state index contributed by atoms with van der Waals surface area (Å²) >= 11 is 0. The number of benzene rings is 3. The van der Waals surface area contributed by atoms with Gasteiger partial charge in [-0.2, -0.15) is 0 Å². The van der Waals surface area contributed by atoms with E-state index in [-0.39, 0.29) is 11.6 Å². The molecule has 0 aromatic heterocycles. The number of hydrogen-bond acceptors (Lipinski definition) is 4. The highest BCUT2D eigenvalue weighted by atomic mass is 19.1. The predicted octanol–water partition coefficient (Wildman–Crippen LogP) is 5.31. The lowest BCUT2D eigenvalue weighted by atomic mass is 10.0. The average Bonchev–Trinajstić information content (AvgIpc) is 2.83. The molecule has 6 heteroatoms. The number of halogens is 2. The molecule has 3 aromatic carbocycles. The standard InChI is InChI=1S/C26H28F2N2O2/c1-31-25-8-4-5-9-26(25)32-24(22-6-2-3-7-23(22)28)14-15-29-16-18-30(19-17-29)21-12-10-20(27)11-13-21/h2-13,24H,14-19H2,1H3. The van der Waals surface area contributed by atoms with Crippen molar-refractivity contribution in [2.24, 2.45) is 0 Å². The number of rotatable bonds is 8. The fourth-order valence-corrected chi connectivity index (χ4v) is 4.06. The van der Waals surface area contributed by atoms with Gasteiger partial charge in [0.05, 0.1) is 7.11 Å². The minimum absolute atomic E-state index is 0.221. The lowest BCUT2D eigenvalue weighted by Gasteiger charge is -2.36. The Morgan fingerprint density at radius 1 is 0.812 bits per heavy atom. The van der Waals surface area contributed by atoms with Crippen molar-refractivity contribution in [3.05, 3.63) is 90.0 Å². The Morgan fingerprint density at radius 3 is 2.16 bits per heavy atom. The van der Waals surface area contributed by atoms with Gasteiger partial charge >= 0.3 is 0 Å². The normalized spacial score (nSPS) is 15.4. The molecule has 0 spiro atoms. The van der Waals surface area contributed by atoms with Gasteiger partial charge in [0, 0.05) is 50.4 Å². The average molecular weight is 439 g/mol. The molecule has 0 N–H and O–H groups in total. The molecule has 1 aliphatic rings. The van der Waals surface area contributed by atoms with Gasteiger partial charge in [0.2, 0.25) is 0 Å². The van der Waals surface area contributed by atoms with E-state index < -0.39 is 6.10 Å². The predicted molar refractivity (Wildman–Crippen MR) is 122 cm³/mol. The van der Waals surface area contributed by atoms with Crippen molar-refractivity contribution in [3.63, 3.8) is 0 Å². The summed E-state index contributed by atoms with van der Waals surface area (Å²) in [5.41, 5.74) is 1.58. The summed E-state index contributed by atoms with van der Waals surface area (Å²) in [6.07, 6.45) is 0.220. The van der Waals surface area contributed by atoms with E-state index in [1.807, 2.05) is 42.5 Å². The zero-order valence-electron chi connectivity index (χ0n) is 18.2. The molecule has 0 bridgehead atoms. The molecule has 4 nitrogen and oxygen atoms in total. The van der Waals surface area contributed by atoms with Gasteiger partial charge in [-0.3, -0.25) is 4.90 Å². The number of para-hydroxylation sites is 2. The maximum atomic E-state index is 14.6. The highest BCUT2D eigenvalue weighted by Gasteiger charge is 2.22. The Hall–Kier alpha value is -3.12. The SMILES string of the molecule is COc1ccccc1OC(CCN1CCN(c2ccc(F)cc2)CC1)c1ccccc1F.